The maximum absolute atomic E-state index is 12.9. The van der Waals surface area contributed by atoms with E-state index < -0.39 is 15.8 Å². The Kier molecular flexibility index (Phi) is 7.98. The fourth-order valence-electron chi connectivity index (χ4n) is 1.72. The summed E-state index contributed by atoms with van der Waals surface area (Å²) in [7, 11) is -3.91. The van der Waals surface area contributed by atoms with Crippen LogP contribution in [0.3, 0.4) is 0 Å². The molecule has 2 heterocycles. The van der Waals surface area contributed by atoms with E-state index in [1.54, 1.807) is 6.92 Å². The number of hydrogen-bond donors (Lipinski definition) is 0. The van der Waals surface area contributed by atoms with Gasteiger partial charge in [-0.3, -0.25) is 0 Å². The zero-order chi connectivity index (χ0) is 19.7. The zero-order valence-corrected chi connectivity index (χ0v) is 16.2. The highest BCUT2D eigenvalue weighted by Crippen LogP contribution is 2.17. The average molecular weight is 379 g/mol. The fourth-order valence-corrected chi connectivity index (χ4v) is 2.66. The average Bonchev–Trinajstić information content (AvgIpc) is 3.17. The molecule has 0 amide bonds. The summed E-state index contributed by atoms with van der Waals surface area (Å²) in [6.07, 6.45) is 3.49. The number of benzene rings is 1. The first-order valence-electron chi connectivity index (χ1n) is 8.18. The molecule has 140 valence electrons. The molecule has 0 atom stereocenters. The van der Waals surface area contributed by atoms with Crippen LogP contribution in [0, 0.1) is 12.7 Å². The van der Waals surface area contributed by atoms with Gasteiger partial charge < -0.3 is 0 Å². The number of halogens is 1. The largest absolute Gasteiger partial charge is 0.287 e. The lowest BCUT2D eigenvalue weighted by Crippen LogP contribution is -2.14. The molecule has 7 nitrogen and oxygen atoms in total. The number of aryl methyl sites for hydroxylation is 1. The molecule has 0 spiro atoms. The summed E-state index contributed by atoms with van der Waals surface area (Å²) in [6, 6.07) is 5.43. The Hall–Kier alpha value is -2.68. The van der Waals surface area contributed by atoms with Crippen LogP contribution in [0.25, 0.3) is 11.4 Å². The van der Waals surface area contributed by atoms with E-state index in [1.165, 1.54) is 36.7 Å². The minimum atomic E-state index is -3.91. The molecule has 26 heavy (non-hydrogen) atoms. The molecule has 9 heteroatoms. The van der Waals surface area contributed by atoms with E-state index in [-0.39, 0.29) is 10.7 Å². The van der Waals surface area contributed by atoms with Gasteiger partial charge in [0.15, 0.2) is 5.82 Å². The highest BCUT2D eigenvalue weighted by Gasteiger charge is 2.20. The molecule has 0 aliphatic heterocycles. The lowest BCUT2D eigenvalue weighted by atomic mass is 10.2. The van der Waals surface area contributed by atoms with E-state index in [4.69, 9.17) is 0 Å². The van der Waals surface area contributed by atoms with Gasteiger partial charge in [0.2, 0.25) is 0 Å². The third-order valence-corrected chi connectivity index (χ3v) is 4.35. The van der Waals surface area contributed by atoms with Crippen molar-refractivity contribution in [2.45, 2.75) is 39.5 Å². The van der Waals surface area contributed by atoms with E-state index in [0.717, 1.165) is 10.4 Å². The maximum Gasteiger partial charge on any atom is 0.287 e. The topological polar surface area (TPSA) is 90.6 Å². The van der Waals surface area contributed by atoms with Gasteiger partial charge in [0, 0.05) is 5.56 Å². The van der Waals surface area contributed by atoms with Crippen molar-refractivity contribution in [1.29, 1.82) is 0 Å². The van der Waals surface area contributed by atoms with Crippen LogP contribution in [0.2, 0.25) is 0 Å². The molecule has 0 saturated carbocycles. The van der Waals surface area contributed by atoms with E-state index >= 15 is 0 Å². The van der Waals surface area contributed by atoms with Crippen molar-refractivity contribution in [3.05, 3.63) is 54.6 Å². The molecule has 2 aromatic heterocycles. The molecule has 0 fully saturated rings. The molecule has 0 N–H and O–H groups in total. The SMILES string of the molecule is CC.CC.Cc1ncc(S(=O)(=O)n2cnc(-c3ccc(F)cc3)n2)cn1. The standard InChI is InChI=1S/C13H10FN5O2S.2C2H6/c1-9-15-6-12(7-16-9)22(20,21)19-8-17-13(18-19)10-2-4-11(14)5-3-10;2*1-2/h2-8H,1H3;2*1-2H3. The summed E-state index contributed by atoms with van der Waals surface area (Å²) in [4.78, 5) is 11.5. The van der Waals surface area contributed by atoms with Crippen LogP contribution in [-0.4, -0.2) is 32.6 Å². The van der Waals surface area contributed by atoms with E-state index in [2.05, 4.69) is 20.1 Å². The Morgan fingerprint density at radius 2 is 1.46 bits per heavy atom. The van der Waals surface area contributed by atoms with Gasteiger partial charge in [-0.15, -0.1) is 9.19 Å². The Bertz CT molecular complexity index is 907. The summed E-state index contributed by atoms with van der Waals surface area (Å²) in [5.41, 5.74) is 0.510. The van der Waals surface area contributed by atoms with Crippen LogP contribution in [0.5, 0.6) is 0 Å². The first-order chi connectivity index (χ1) is 12.5. The molecule has 1 aromatic carbocycles. The van der Waals surface area contributed by atoms with Gasteiger partial charge in [0.05, 0.1) is 12.4 Å². The van der Waals surface area contributed by atoms with Gasteiger partial charge in [-0.1, -0.05) is 27.7 Å². The van der Waals surface area contributed by atoms with Crippen molar-refractivity contribution < 1.29 is 12.8 Å². The van der Waals surface area contributed by atoms with Crippen molar-refractivity contribution in [2.24, 2.45) is 0 Å². The zero-order valence-electron chi connectivity index (χ0n) is 15.4. The molecular formula is C17H22FN5O2S. The number of rotatable bonds is 3. The van der Waals surface area contributed by atoms with E-state index in [0.29, 0.717) is 11.4 Å². The second kappa shape index (κ2) is 9.71. The Labute approximate surface area is 153 Å². The van der Waals surface area contributed by atoms with Gasteiger partial charge in [-0.25, -0.2) is 19.3 Å². The molecule has 0 saturated heterocycles. The monoisotopic (exact) mass is 379 g/mol. The molecule has 0 aliphatic carbocycles. The first kappa shape index (κ1) is 21.4. The van der Waals surface area contributed by atoms with Gasteiger partial charge in [0.25, 0.3) is 10.0 Å². The van der Waals surface area contributed by atoms with Crippen molar-refractivity contribution in [2.75, 3.05) is 0 Å². The van der Waals surface area contributed by atoms with Crippen molar-refractivity contribution in [1.82, 2.24) is 24.1 Å². The third kappa shape index (κ3) is 4.92. The second-order valence-corrected chi connectivity index (χ2v) is 6.21. The molecular weight excluding hydrogens is 357 g/mol. The predicted octanol–water partition coefficient (Wildman–Crippen LogP) is 3.47. The van der Waals surface area contributed by atoms with Gasteiger partial charge >= 0.3 is 0 Å². The smallest absolute Gasteiger partial charge is 0.240 e. The Morgan fingerprint density at radius 3 is 2.00 bits per heavy atom. The highest BCUT2D eigenvalue weighted by atomic mass is 32.2. The Morgan fingerprint density at radius 1 is 0.923 bits per heavy atom. The van der Waals surface area contributed by atoms with Crippen LogP contribution in [0.4, 0.5) is 4.39 Å². The lowest BCUT2D eigenvalue weighted by molar-refractivity contribution is 0.579. The van der Waals surface area contributed by atoms with Gasteiger partial charge in [-0.2, -0.15) is 8.42 Å². The minimum Gasteiger partial charge on any atom is -0.240 e. The Balaban J connectivity index is 0.000000791. The molecule has 3 rings (SSSR count). The van der Waals surface area contributed by atoms with Crippen LogP contribution in [0.1, 0.15) is 33.5 Å². The number of nitrogens with zero attached hydrogens (tertiary/aromatic N) is 5. The minimum absolute atomic E-state index is 0.0892. The predicted molar refractivity (Wildman–Crippen MR) is 97.5 cm³/mol. The normalized spacial score (nSPS) is 10.2. The second-order valence-electron chi connectivity index (χ2n) is 4.42. The summed E-state index contributed by atoms with van der Waals surface area (Å²) >= 11 is 0. The van der Waals surface area contributed by atoms with E-state index in [9.17, 15) is 12.8 Å². The van der Waals surface area contributed by atoms with Gasteiger partial charge in [-0.05, 0) is 31.2 Å². The lowest BCUT2D eigenvalue weighted by Gasteiger charge is -2.02. The highest BCUT2D eigenvalue weighted by molar-refractivity contribution is 7.89. The molecule has 0 radical (unpaired) electrons. The van der Waals surface area contributed by atoms with Crippen molar-refractivity contribution in [3.8, 4) is 11.4 Å². The number of hydrogen-bond acceptors (Lipinski definition) is 6. The summed E-state index contributed by atoms with van der Waals surface area (Å²) in [5.74, 6) is 0.244. The quantitative estimate of drug-likeness (QED) is 0.692. The van der Waals surface area contributed by atoms with Crippen molar-refractivity contribution >= 4 is 10.0 Å². The fraction of sp³-hybridized carbons (Fsp3) is 0.294. The van der Waals surface area contributed by atoms with Crippen LogP contribution in [0.15, 0.2) is 47.9 Å². The van der Waals surface area contributed by atoms with Crippen molar-refractivity contribution in [3.63, 3.8) is 0 Å². The third-order valence-electron chi connectivity index (χ3n) is 2.88. The van der Waals surface area contributed by atoms with Gasteiger partial charge in [0.1, 0.15) is 22.9 Å². The first-order valence-corrected chi connectivity index (χ1v) is 9.63. The molecule has 0 aliphatic rings. The maximum atomic E-state index is 12.9. The van der Waals surface area contributed by atoms with E-state index in [1.807, 2.05) is 27.7 Å². The molecule has 0 bridgehead atoms. The summed E-state index contributed by atoms with van der Waals surface area (Å²) in [6.45, 7) is 9.65. The van der Waals surface area contributed by atoms with Crippen LogP contribution < -0.4 is 0 Å². The molecule has 3 aromatic rings. The molecule has 0 unspecified atom stereocenters. The van der Waals surface area contributed by atoms with Crippen LogP contribution >= 0.6 is 0 Å². The number of aromatic nitrogens is 5. The summed E-state index contributed by atoms with van der Waals surface area (Å²) < 4.78 is 38.4. The van der Waals surface area contributed by atoms with Crippen LogP contribution in [-0.2, 0) is 10.0 Å². The summed E-state index contributed by atoms with van der Waals surface area (Å²) in [5, 5.41) is 3.92.